The second-order valence-electron chi connectivity index (χ2n) is 7.78. The van der Waals surface area contributed by atoms with E-state index in [0.29, 0.717) is 6.04 Å². The minimum Gasteiger partial charge on any atom is -0.330 e. The first-order chi connectivity index (χ1) is 11.8. The van der Waals surface area contributed by atoms with E-state index < -0.39 is 0 Å². The fourth-order valence-electron chi connectivity index (χ4n) is 3.48. The SMILES string of the molecule is CCCCCCCCCCCCCCCCCCC(N)CCCN. The molecule has 1 unspecified atom stereocenters. The van der Waals surface area contributed by atoms with Crippen molar-refractivity contribution in [1.82, 2.24) is 0 Å². The first-order valence-electron chi connectivity index (χ1n) is 11.3. The van der Waals surface area contributed by atoms with Crippen molar-refractivity contribution in [2.75, 3.05) is 6.54 Å². The highest BCUT2D eigenvalue weighted by Gasteiger charge is 2.01. The van der Waals surface area contributed by atoms with E-state index in [0.717, 1.165) is 19.4 Å². The Kier molecular flexibility index (Phi) is 20.9. The maximum atomic E-state index is 6.06. The van der Waals surface area contributed by atoms with E-state index in [4.69, 9.17) is 11.5 Å². The summed E-state index contributed by atoms with van der Waals surface area (Å²) in [5.41, 5.74) is 11.6. The molecule has 0 bridgehead atoms. The lowest BCUT2D eigenvalue weighted by Crippen LogP contribution is -2.20. The van der Waals surface area contributed by atoms with E-state index in [1.807, 2.05) is 0 Å². The van der Waals surface area contributed by atoms with Crippen LogP contribution in [0.1, 0.15) is 129 Å². The molecular weight excluding hydrogens is 292 g/mol. The zero-order chi connectivity index (χ0) is 17.7. The third-order valence-electron chi connectivity index (χ3n) is 5.21. The highest BCUT2D eigenvalue weighted by atomic mass is 14.6. The van der Waals surface area contributed by atoms with E-state index in [1.54, 1.807) is 0 Å². The molecule has 0 fully saturated rings. The Morgan fingerprint density at radius 1 is 0.500 bits per heavy atom. The van der Waals surface area contributed by atoms with Crippen molar-refractivity contribution in [2.45, 2.75) is 135 Å². The van der Waals surface area contributed by atoms with Gasteiger partial charge in [-0.25, -0.2) is 0 Å². The molecule has 0 spiro atoms. The topological polar surface area (TPSA) is 52.0 Å². The quantitative estimate of drug-likeness (QED) is 0.242. The van der Waals surface area contributed by atoms with Gasteiger partial charge in [0, 0.05) is 6.04 Å². The molecule has 0 aromatic heterocycles. The summed E-state index contributed by atoms with van der Waals surface area (Å²) in [5.74, 6) is 0. The summed E-state index contributed by atoms with van der Waals surface area (Å²) in [7, 11) is 0. The van der Waals surface area contributed by atoms with Crippen LogP contribution in [0.2, 0.25) is 0 Å². The third-order valence-corrected chi connectivity index (χ3v) is 5.21. The molecule has 146 valence electrons. The van der Waals surface area contributed by atoms with Gasteiger partial charge in [0.1, 0.15) is 0 Å². The average molecular weight is 341 g/mol. The Hall–Kier alpha value is -0.0800. The van der Waals surface area contributed by atoms with Gasteiger partial charge >= 0.3 is 0 Å². The number of hydrogen-bond acceptors (Lipinski definition) is 2. The van der Waals surface area contributed by atoms with Crippen LogP contribution in [0, 0.1) is 0 Å². The van der Waals surface area contributed by atoms with Gasteiger partial charge in [0.15, 0.2) is 0 Å². The van der Waals surface area contributed by atoms with Crippen molar-refractivity contribution in [3.63, 3.8) is 0 Å². The van der Waals surface area contributed by atoms with Crippen molar-refractivity contribution >= 4 is 0 Å². The van der Waals surface area contributed by atoms with Crippen LogP contribution in [-0.2, 0) is 0 Å². The maximum absolute atomic E-state index is 6.06. The lowest BCUT2D eigenvalue weighted by molar-refractivity contribution is 0.495. The molecule has 0 rings (SSSR count). The second-order valence-corrected chi connectivity index (χ2v) is 7.78. The molecule has 4 N–H and O–H groups in total. The van der Waals surface area contributed by atoms with Gasteiger partial charge in [-0.15, -0.1) is 0 Å². The zero-order valence-electron chi connectivity index (χ0n) is 16.9. The van der Waals surface area contributed by atoms with Crippen LogP contribution in [0.4, 0.5) is 0 Å². The molecule has 2 nitrogen and oxygen atoms in total. The van der Waals surface area contributed by atoms with Gasteiger partial charge in [0.05, 0.1) is 0 Å². The Labute approximate surface area is 153 Å². The van der Waals surface area contributed by atoms with Gasteiger partial charge in [0.25, 0.3) is 0 Å². The molecule has 0 aliphatic rings. The van der Waals surface area contributed by atoms with Gasteiger partial charge < -0.3 is 11.5 Å². The molecule has 0 radical (unpaired) electrons. The summed E-state index contributed by atoms with van der Waals surface area (Å²) in [6, 6.07) is 0.389. The van der Waals surface area contributed by atoms with Gasteiger partial charge in [-0.3, -0.25) is 0 Å². The van der Waals surface area contributed by atoms with E-state index in [9.17, 15) is 0 Å². The zero-order valence-corrected chi connectivity index (χ0v) is 16.9. The Bertz CT molecular complexity index is 218. The van der Waals surface area contributed by atoms with Gasteiger partial charge in [-0.1, -0.05) is 110 Å². The predicted molar refractivity (Wildman–Crippen MR) is 110 cm³/mol. The van der Waals surface area contributed by atoms with Crippen molar-refractivity contribution in [1.29, 1.82) is 0 Å². The molecular formula is C22H48N2. The van der Waals surface area contributed by atoms with Gasteiger partial charge in [0.2, 0.25) is 0 Å². The van der Waals surface area contributed by atoms with Crippen molar-refractivity contribution in [2.24, 2.45) is 11.5 Å². The molecule has 0 aliphatic heterocycles. The Balaban J connectivity index is 3.02. The lowest BCUT2D eigenvalue weighted by atomic mass is 10.0. The summed E-state index contributed by atoms with van der Waals surface area (Å²) in [6.07, 6.45) is 26.3. The third kappa shape index (κ3) is 20.0. The van der Waals surface area contributed by atoms with Crippen LogP contribution in [-0.4, -0.2) is 12.6 Å². The van der Waals surface area contributed by atoms with Crippen LogP contribution in [0.25, 0.3) is 0 Å². The Morgan fingerprint density at radius 2 is 0.833 bits per heavy atom. The van der Waals surface area contributed by atoms with Gasteiger partial charge in [-0.2, -0.15) is 0 Å². The fraction of sp³-hybridized carbons (Fsp3) is 1.00. The van der Waals surface area contributed by atoms with Crippen LogP contribution in [0.3, 0.4) is 0 Å². The minimum absolute atomic E-state index is 0.389. The monoisotopic (exact) mass is 340 g/mol. The van der Waals surface area contributed by atoms with Crippen LogP contribution in [0.5, 0.6) is 0 Å². The predicted octanol–water partition coefficient (Wildman–Crippen LogP) is 6.70. The van der Waals surface area contributed by atoms with E-state index in [1.165, 1.54) is 109 Å². The summed E-state index contributed by atoms with van der Waals surface area (Å²) in [6.45, 7) is 3.08. The van der Waals surface area contributed by atoms with Crippen molar-refractivity contribution < 1.29 is 0 Å². The summed E-state index contributed by atoms with van der Waals surface area (Å²) in [5, 5.41) is 0. The average Bonchev–Trinajstić information content (AvgIpc) is 2.59. The molecule has 0 heterocycles. The first-order valence-corrected chi connectivity index (χ1v) is 11.3. The van der Waals surface area contributed by atoms with Crippen molar-refractivity contribution in [3.8, 4) is 0 Å². The molecule has 0 saturated carbocycles. The molecule has 0 aromatic rings. The normalized spacial score (nSPS) is 12.6. The second kappa shape index (κ2) is 21.0. The number of rotatable bonds is 20. The number of unbranched alkanes of at least 4 members (excludes halogenated alkanes) is 15. The fourth-order valence-corrected chi connectivity index (χ4v) is 3.48. The molecule has 2 heteroatoms. The molecule has 0 aromatic carbocycles. The molecule has 0 amide bonds. The molecule has 1 atom stereocenters. The summed E-state index contributed by atoms with van der Waals surface area (Å²) >= 11 is 0. The molecule has 0 saturated heterocycles. The number of hydrogen-bond donors (Lipinski definition) is 2. The van der Waals surface area contributed by atoms with Crippen LogP contribution >= 0.6 is 0 Å². The Morgan fingerprint density at radius 3 is 1.21 bits per heavy atom. The molecule has 0 aliphatic carbocycles. The molecule has 24 heavy (non-hydrogen) atoms. The highest BCUT2D eigenvalue weighted by Crippen LogP contribution is 2.14. The minimum atomic E-state index is 0.389. The van der Waals surface area contributed by atoms with Crippen LogP contribution in [0.15, 0.2) is 0 Å². The lowest BCUT2D eigenvalue weighted by Gasteiger charge is -2.10. The van der Waals surface area contributed by atoms with E-state index >= 15 is 0 Å². The highest BCUT2D eigenvalue weighted by molar-refractivity contribution is 4.61. The summed E-state index contributed by atoms with van der Waals surface area (Å²) < 4.78 is 0. The van der Waals surface area contributed by atoms with E-state index in [2.05, 4.69) is 6.92 Å². The van der Waals surface area contributed by atoms with Crippen molar-refractivity contribution in [3.05, 3.63) is 0 Å². The summed E-state index contributed by atoms with van der Waals surface area (Å²) in [4.78, 5) is 0. The van der Waals surface area contributed by atoms with Crippen LogP contribution < -0.4 is 11.5 Å². The first kappa shape index (κ1) is 23.9. The standard InChI is InChI=1S/C22H48N2/c1-2-3-4-5-6-7-8-9-10-11-12-13-14-15-16-17-19-22(24)20-18-21-23/h22H,2-21,23-24H2,1H3. The smallest absolute Gasteiger partial charge is 0.00392 e. The largest absolute Gasteiger partial charge is 0.330 e. The van der Waals surface area contributed by atoms with Gasteiger partial charge in [-0.05, 0) is 25.8 Å². The number of nitrogens with two attached hydrogens (primary N) is 2. The van der Waals surface area contributed by atoms with E-state index in [-0.39, 0.29) is 0 Å². The maximum Gasteiger partial charge on any atom is 0.00392 e.